The molecule has 1 unspecified atom stereocenters. The summed E-state index contributed by atoms with van der Waals surface area (Å²) in [6.45, 7) is 14.1. The Labute approximate surface area is 193 Å². The zero-order chi connectivity index (χ0) is 24.3. The van der Waals surface area contributed by atoms with E-state index in [-0.39, 0.29) is 18.4 Å². The van der Waals surface area contributed by atoms with Crippen molar-refractivity contribution in [1.82, 2.24) is 15.5 Å². The summed E-state index contributed by atoms with van der Waals surface area (Å²) in [5, 5.41) is 5.53. The highest BCUT2D eigenvalue weighted by atomic mass is 16.6. The van der Waals surface area contributed by atoms with Crippen LogP contribution in [0.5, 0.6) is 0 Å². The maximum Gasteiger partial charge on any atom is 0.408 e. The van der Waals surface area contributed by atoms with Crippen LogP contribution in [0, 0.1) is 13.8 Å². The molecule has 0 spiro atoms. The minimum Gasteiger partial charge on any atom is -0.444 e. The minimum atomic E-state index is -0.758. The first-order valence-corrected chi connectivity index (χ1v) is 11.6. The SMILES string of the molecule is CCCCNC(=O)C(c1cccc(C)c1C)N(CCCC)C(=O)CNC(=O)OC(C)(C)C. The Morgan fingerprint density at radius 2 is 1.69 bits per heavy atom. The summed E-state index contributed by atoms with van der Waals surface area (Å²) < 4.78 is 5.24. The molecule has 1 atom stereocenters. The van der Waals surface area contributed by atoms with E-state index in [9.17, 15) is 14.4 Å². The summed E-state index contributed by atoms with van der Waals surface area (Å²) in [6, 6.07) is 5.05. The van der Waals surface area contributed by atoms with Crippen molar-refractivity contribution in [2.24, 2.45) is 0 Å². The highest BCUT2D eigenvalue weighted by Gasteiger charge is 2.32. The number of hydrogen-bond acceptors (Lipinski definition) is 4. The molecule has 0 saturated carbocycles. The van der Waals surface area contributed by atoms with Gasteiger partial charge in [0.25, 0.3) is 0 Å². The molecule has 0 heterocycles. The lowest BCUT2D eigenvalue weighted by atomic mass is 9.95. The molecule has 0 bridgehead atoms. The predicted molar refractivity (Wildman–Crippen MR) is 127 cm³/mol. The van der Waals surface area contributed by atoms with Gasteiger partial charge in [-0.25, -0.2) is 4.79 Å². The van der Waals surface area contributed by atoms with Crippen LogP contribution in [-0.2, 0) is 14.3 Å². The molecule has 1 rings (SSSR count). The van der Waals surface area contributed by atoms with Crippen LogP contribution >= 0.6 is 0 Å². The van der Waals surface area contributed by atoms with Gasteiger partial charge in [0.15, 0.2) is 0 Å². The van der Waals surface area contributed by atoms with Crippen molar-refractivity contribution in [3.63, 3.8) is 0 Å². The normalized spacial score (nSPS) is 12.1. The van der Waals surface area contributed by atoms with E-state index in [4.69, 9.17) is 4.74 Å². The number of ether oxygens (including phenoxy) is 1. The number of amides is 3. The third kappa shape index (κ3) is 8.89. The molecular weight excluding hydrogens is 406 g/mol. The molecule has 3 amide bonds. The molecule has 7 nitrogen and oxygen atoms in total. The number of aryl methyl sites for hydroxylation is 1. The summed E-state index contributed by atoms with van der Waals surface area (Å²) in [6.07, 6.45) is 2.81. The van der Waals surface area contributed by atoms with Crippen LogP contribution < -0.4 is 10.6 Å². The lowest BCUT2D eigenvalue weighted by Crippen LogP contribution is -2.48. The number of nitrogens with zero attached hydrogens (tertiary/aromatic N) is 1. The highest BCUT2D eigenvalue weighted by Crippen LogP contribution is 2.27. The first kappa shape index (κ1) is 27.5. The van der Waals surface area contributed by atoms with E-state index in [1.807, 2.05) is 39.0 Å². The summed E-state index contributed by atoms with van der Waals surface area (Å²) in [7, 11) is 0. The van der Waals surface area contributed by atoms with Crippen LogP contribution in [0.2, 0.25) is 0 Å². The van der Waals surface area contributed by atoms with E-state index in [1.54, 1.807) is 25.7 Å². The van der Waals surface area contributed by atoms with E-state index >= 15 is 0 Å². The molecule has 0 aliphatic carbocycles. The lowest BCUT2D eigenvalue weighted by Gasteiger charge is -2.33. The van der Waals surface area contributed by atoms with Crippen LogP contribution in [0.25, 0.3) is 0 Å². The first-order valence-electron chi connectivity index (χ1n) is 11.6. The van der Waals surface area contributed by atoms with Gasteiger partial charge in [0.2, 0.25) is 11.8 Å². The maximum atomic E-state index is 13.3. The molecule has 0 aliphatic rings. The Morgan fingerprint density at radius 3 is 2.28 bits per heavy atom. The average molecular weight is 448 g/mol. The molecule has 0 radical (unpaired) electrons. The molecule has 0 fully saturated rings. The van der Waals surface area contributed by atoms with Gasteiger partial charge in [-0.3, -0.25) is 9.59 Å². The molecular formula is C25H41N3O4. The number of nitrogens with one attached hydrogen (secondary N) is 2. The fourth-order valence-corrected chi connectivity index (χ4v) is 3.30. The van der Waals surface area contributed by atoms with Crippen molar-refractivity contribution in [1.29, 1.82) is 0 Å². The van der Waals surface area contributed by atoms with E-state index in [2.05, 4.69) is 17.6 Å². The third-order valence-corrected chi connectivity index (χ3v) is 5.19. The summed E-state index contributed by atoms with van der Waals surface area (Å²) >= 11 is 0. The number of hydrogen-bond donors (Lipinski definition) is 2. The molecule has 0 aliphatic heterocycles. The Balaban J connectivity index is 3.21. The molecule has 1 aromatic rings. The smallest absolute Gasteiger partial charge is 0.408 e. The Hall–Kier alpha value is -2.57. The van der Waals surface area contributed by atoms with Crippen molar-refractivity contribution in [3.05, 3.63) is 34.9 Å². The Kier molecular flexibility index (Phi) is 11.2. The first-order chi connectivity index (χ1) is 15.0. The van der Waals surface area contributed by atoms with Gasteiger partial charge in [-0.05, 0) is 64.2 Å². The molecule has 180 valence electrons. The molecule has 7 heteroatoms. The topological polar surface area (TPSA) is 87.7 Å². The summed E-state index contributed by atoms with van der Waals surface area (Å²) in [5.41, 5.74) is 2.19. The molecule has 0 saturated heterocycles. The zero-order valence-corrected chi connectivity index (χ0v) is 20.8. The quantitative estimate of drug-likeness (QED) is 0.492. The summed E-state index contributed by atoms with van der Waals surface area (Å²) in [4.78, 5) is 40.2. The second-order valence-electron chi connectivity index (χ2n) is 9.13. The Bertz CT molecular complexity index is 771. The molecule has 2 N–H and O–H groups in total. The Morgan fingerprint density at radius 1 is 1.03 bits per heavy atom. The molecule has 1 aromatic carbocycles. The van der Waals surface area contributed by atoms with E-state index < -0.39 is 17.7 Å². The standard InChI is InChI=1S/C25H41N3O4/c1-8-10-15-26-23(30)22(20-14-12-13-18(3)19(20)4)28(16-11-9-2)21(29)17-27-24(31)32-25(5,6)7/h12-14,22H,8-11,15-17H2,1-7H3,(H,26,30)(H,27,31). The van der Waals surface area contributed by atoms with Gasteiger partial charge in [0.05, 0.1) is 0 Å². The van der Waals surface area contributed by atoms with Gasteiger partial charge in [0.1, 0.15) is 18.2 Å². The van der Waals surface area contributed by atoms with Gasteiger partial charge in [-0.2, -0.15) is 0 Å². The van der Waals surface area contributed by atoms with Gasteiger partial charge >= 0.3 is 6.09 Å². The zero-order valence-electron chi connectivity index (χ0n) is 20.8. The van der Waals surface area contributed by atoms with Crippen LogP contribution in [0.3, 0.4) is 0 Å². The monoisotopic (exact) mass is 447 g/mol. The highest BCUT2D eigenvalue weighted by molar-refractivity contribution is 5.90. The number of rotatable bonds is 11. The third-order valence-electron chi connectivity index (χ3n) is 5.19. The van der Waals surface area contributed by atoms with E-state index in [0.717, 1.165) is 42.4 Å². The van der Waals surface area contributed by atoms with E-state index in [0.29, 0.717) is 13.1 Å². The number of carbonyl (C=O) groups excluding carboxylic acids is 3. The molecule has 32 heavy (non-hydrogen) atoms. The maximum absolute atomic E-state index is 13.3. The van der Waals surface area contributed by atoms with E-state index in [1.165, 1.54) is 0 Å². The van der Waals surface area contributed by atoms with Gasteiger partial charge < -0.3 is 20.3 Å². The molecule has 0 aromatic heterocycles. The van der Waals surface area contributed by atoms with Crippen LogP contribution in [-0.4, -0.2) is 48.0 Å². The van der Waals surface area contributed by atoms with Gasteiger partial charge in [-0.1, -0.05) is 44.9 Å². The largest absolute Gasteiger partial charge is 0.444 e. The number of alkyl carbamates (subject to hydrolysis) is 1. The minimum absolute atomic E-state index is 0.200. The second kappa shape index (κ2) is 13.1. The van der Waals surface area contributed by atoms with Crippen molar-refractivity contribution in [2.75, 3.05) is 19.6 Å². The fraction of sp³-hybridized carbons (Fsp3) is 0.640. The van der Waals surface area contributed by atoms with Crippen LogP contribution in [0.15, 0.2) is 18.2 Å². The number of unbranched alkanes of at least 4 members (excludes halogenated alkanes) is 2. The fourth-order valence-electron chi connectivity index (χ4n) is 3.30. The van der Waals surface area contributed by atoms with Crippen molar-refractivity contribution < 1.29 is 19.1 Å². The van der Waals surface area contributed by atoms with Crippen molar-refractivity contribution in [3.8, 4) is 0 Å². The average Bonchev–Trinajstić information content (AvgIpc) is 2.70. The number of carbonyl (C=O) groups is 3. The lowest BCUT2D eigenvalue weighted by molar-refractivity contribution is -0.140. The van der Waals surface area contributed by atoms with Gasteiger partial charge in [0, 0.05) is 13.1 Å². The predicted octanol–water partition coefficient (Wildman–Crippen LogP) is 4.41. The van der Waals surface area contributed by atoms with Crippen LogP contribution in [0.1, 0.15) is 83.0 Å². The number of benzene rings is 1. The van der Waals surface area contributed by atoms with Crippen LogP contribution in [0.4, 0.5) is 4.79 Å². The summed E-state index contributed by atoms with van der Waals surface area (Å²) in [5.74, 6) is -0.519. The second-order valence-corrected chi connectivity index (χ2v) is 9.13. The van der Waals surface area contributed by atoms with Gasteiger partial charge in [-0.15, -0.1) is 0 Å². The van der Waals surface area contributed by atoms with Crippen molar-refractivity contribution >= 4 is 17.9 Å². The van der Waals surface area contributed by atoms with Crippen molar-refractivity contribution in [2.45, 2.75) is 85.8 Å².